The third-order valence-electron chi connectivity index (χ3n) is 6.34. The predicted molar refractivity (Wildman–Crippen MR) is 143 cm³/mol. The number of pyridine rings is 3. The van der Waals surface area contributed by atoms with E-state index in [2.05, 4.69) is 26.2 Å². The van der Waals surface area contributed by atoms with Crippen molar-refractivity contribution < 1.29 is 14.2 Å². The Morgan fingerprint density at radius 2 is 1.92 bits per heavy atom. The van der Waals surface area contributed by atoms with Crippen LogP contribution < -0.4 is 9.64 Å². The molecule has 1 N–H and O–H groups in total. The van der Waals surface area contributed by atoms with Crippen molar-refractivity contribution in [2.24, 2.45) is 0 Å². The summed E-state index contributed by atoms with van der Waals surface area (Å²) < 4.78 is 22.1. The molecule has 10 nitrogen and oxygen atoms in total. The second kappa shape index (κ2) is 10.2. The Balaban J connectivity index is 1.40. The number of hydrogen-bond donors (Lipinski definition) is 1. The quantitative estimate of drug-likeness (QED) is 0.317. The minimum Gasteiger partial charge on any atom is -0.489 e. The number of aromatic nitrogens is 6. The van der Waals surface area contributed by atoms with E-state index >= 15 is 0 Å². The van der Waals surface area contributed by atoms with Gasteiger partial charge in [-0.05, 0) is 50.6 Å². The van der Waals surface area contributed by atoms with Crippen molar-refractivity contribution in [3.63, 3.8) is 0 Å². The number of hydrogen-bond acceptors (Lipinski definition) is 8. The lowest BCUT2D eigenvalue weighted by molar-refractivity contribution is 0.0283. The van der Waals surface area contributed by atoms with E-state index in [1.54, 1.807) is 43.0 Å². The molecule has 0 aliphatic carbocycles. The first-order valence-electron chi connectivity index (χ1n) is 12.3. The molecular weight excluding hydrogens is 499 g/mol. The number of nitrogens with zero attached hydrogens (tertiary/aromatic N) is 8. The first kappa shape index (κ1) is 25.8. The fourth-order valence-electron chi connectivity index (χ4n) is 4.12. The summed E-state index contributed by atoms with van der Waals surface area (Å²) in [6, 6.07) is 11.5. The van der Waals surface area contributed by atoms with Crippen molar-refractivity contribution in [2.75, 3.05) is 18.6 Å². The Kier molecular flexibility index (Phi) is 6.72. The monoisotopic (exact) mass is 526 g/mol. The number of halogens is 1. The molecule has 0 spiro atoms. The first-order valence-corrected chi connectivity index (χ1v) is 12.3. The highest BCUT2D eigenvalue weighted by Gasteiger charge is 2.19. The van der Waals surface area contributed by atoms with Crippen LogP contribution in [-0.2, 0) is 0 Å². The van der Waals surface area contributed by atoms with Gasteiger partial charge in [0.15, 0.2) is 11.6 Å². The van der Waals surface area contributed by atoms with E-state index < -0.39 is 11.4 Å². The zero-order chi connectivity index (χ0) is 27.7. The summed E-state index contributed by atoms with van der Waals surface area (Å²) in [4.78, 5) is 11.1. The summed E-state index contributed by atoms with van der Waals surface area (Å²) in [5.41, 5.74) is 2.55. The number of fused-ring (bicyclic) bond motifs is 1. The van der Waals surface area contributed by atoms with Crippen LogP contribution in [0, 0.1) is 17.1 Å². The molecule has 0 aliphatic rings. The van der Waals surface area contributed by atoms with Crippen LogP contribution in [-0.4, -0.2) is 53.7 Å². The Labute approximate surface area is 224 Å². The SMILES string of the molecule is C[C@@H](c1ccc(-n2cc(F)cn2)nc1)N(C)c1ccc(-c2cc(OCC(C)(C)O)cn3ncc(C#N)c23)cn1. The maximum absolute atomic E-state index is 13.3. The van der Waals surface area contributed by atoms with Crippen molar-refractivity contribution in [3.8, 4) is 28.8 Å². The number of nitriles is 1. The number of aliphatic hydroxyl groups is 1. The second-order valence-corrected chi connectivity index (χ2v) is 9.90. The van der Waals surface area contributed by atoms with Gasteiger partial charge in [0.2, 0.25) is 0 Å². The summed E-state index contributed by atoms with van der Waals surface area (Å²) in [5, 5.41) is 27.9. The van der Waals surface area contributed by atoms with Gasteiger partial charge in [-0.15, -0.1) is 0 Å². The maximum Gasteiger partial charge on any atom is 0.161 e. The van der Waals surface area contributed by atoms with Crippen LogP contribution in [0.2, 0.25) is 0 Å². The molecule has 0 aliphatic heterocycles. The van der Waals surface area contributed by atoms with Crippen molar-refractivity contribution in [3.05, 3.63) is 84.5 Å². The minimum atomic E-state index is -1.01. The van der Waals surface area contributed by atoms with Crippen molar-refractivity contribution >= 4 is 11.3 Å². The molecule has 0 saturated carbocycles. The third kappa shape index (κ3) is 5.42. The van der Waals surface area contributed by atoms with Gasteiger partial charge >= 0.3 is 0 Å². The molecule has 11 heteroatoms. The molecule has 0 saturated heterocycles. The number of rotatable bonds is 8. The molecule has 5 rings (SSSR count). The molecule has 39 heavy (non-hydrogen) atoms. The number of ether oxygens (including phenoxy) is 1. The van der Waals surface area contributed by atoms with Gasteiger partial charge in [0, 0.05) is 30.6 Å². The highest BCUT2D eigenvalue weighted by molar-refractivity contribution is 5.85. The van der Waals surface area contributed by atoms with Crippen LogP contribution in [0.15, 0.2) is 67.5 Å². The van der Waals surface area contributed by atoms with E-state index in [1.807, 2.05) is 43.1 Å². The standard InChI is InChI=1S/C28H27FN8O2/c1-18(19-5-8-26(32-11-19)36-15-22(29)14-34-36)35(4)25-7-6-20(12-31-25)24-9-23(39-17-28(2,3)38)16-37-27(24)21(10-30)13-33-37/h5-9,11-16,18,38H,17H2,1-4H3/t18-/m0/s1. The lowest BCUT2D eigenvalue weighted by atomic mass is 10.0. The van der Waals surface area contributed by atoms with Crippen LogP contribution in [0.5, 0.6) is 5.75 Å². The Morgan fingerprint density at radius 1 is 1.10 bits per heavy atom. The topological polar surface area (TPSA) is 117 Å². The Morgan fingerprint density at radius 3 is 2.54 bits per heavy atom. The van der Waals surface area contributed by atoms with E-state index in [-0.39, 0.29) is 12.6 Å². The summed E-state index contributed by atoms with van der Waals surface area (Å²) in [6.45, 7) is 5.47. The van der Waals surface area contributed by atoms with Gasteiger partial charge in [0.05, 0.1) is 47.5 Å². The van der Waals surface area contributed by atoms with Crippen LogP contribution in [0.3, 0.4) is 0 Å². The molecule has 1 atom stereocenters. The first-order chi connectivity index (χ1) is 18.6. The maximum atomic E-state index is 13.3. The molecule has 0 amide bonds. The smallest absolute Gasteiger partial charge is 0.161 e. The zero-order valence-corrected chi connectivity index (χ0v) is 21.9. The molecule has 5 heterocycles. The fourth-order valence-corrected chi connectivity index (χ4v) is 4.12. The normalized spacial score (nSPS) is 12.3. The van der Waals surface area contributed by atoms with Gasteiger partial charge in [-0.1, -0.05) is 6.07 Å². The molecule has 5 aromatic rings. The van der Waals surface area contributed by atoms with E-state index in [9.17, 15) is 14.8 Å². The Hall–Kier alpha value is -4.82. The molecule has 0 radical (unpaired) electrons. The van der Waals surface area contributed by atoms with Crippen LogP contribution in [0.25, 0.3) is 22.5 Å². The Bertz CT molecular complexity index is 1650. The van der Waals surface area contributed by atoms with Crippen molar-refractivity contribution in [1.82, 2.24) is 29.4 Å². The van der Waals surface area contributed by atoms with Crippen molar-refractivity contribution in [1.29, 1.82) is 5.26 Å². The van der Waals surface area contributed by atoms with Crippen LogP contribution >= 0.6 is 0 Å². The lowest BCUT2D eigenvalue weighted by Crippen LogP contribution is -2.27. The fraction of sp³-hybridized carbons (Fsp3) is 0.250. The van der Waals surface area contributed by atoms with Gasteiger partial charge < -0.3 is 14.7 Å². The van der Waals surface area contributed by atoms with E-state index in [4.69, 9.17) is 4.74 Å². The average Bonchev–Trinajstić information content (AvgIpc) is 3.56. The van der Waals surface area contributed by atoms with Gasteiger partial charge in [0.1, 0.15) is 24.2 Å². The third-order valence-corrected chi connectivity index (χ3v) is 6.34. The second-order valence-electron chi connectivity index (χ2n) is 9.90. The molecule has 5 aromatic heterocycles. The molecule has 0 unspecified atom stereocenters. The molecule has 0 aromatic carbocycles. The lowest BCUT2D eigenvalue weighted by Gasteiger charge is -2.26. The van der Waals surface area contributed by atoms with Crippen LogP contribution in [0.4, 0.5) is 10.2 Å². The largest absolute Gasteiger partial charge is 0.489 e. The number of anilines is 1. The summed E-state index contributed by atoms with van der Waals surface area (Å²) in [6.07, 6.45) is 9.09. The van der Waals surface area contributed by atoms with Gasteiger partial charge in [0.25, 0.3) is 0 Å². The zero-order valence-electron chi connectivity index (χ0n) is 21.9. The highest BCUT2D eigenvalue weighted by Crippen LogP contribution is 2.32. The molecule has 0 bridgehead atoms. The van der Waals surface area contributed by atoms with Gasteiger partial charge in [-0.2, -0.15) is 15.5 Å². The highest BCUT2D eigenvalue weighted by atomic mass is 19.1. The summed E-state index contributed by atoms with van der Waals surface area (Å²) in [7, 11) is 1.94. The summed E-state index contributed by atoms with van der Waals surface area (Å²) >= 11 is 0. The average molecular weight is 527 g/mol. The van der Waals surface area contributed by atoms with Gasteiger partial charge in [-0.3, -0.25) is 0 Å². The predicted octanol–water partition coefficient (Wildman–Crippen LogP) is 4.33. The molecule has 0 fully saturated rings. The van der Waals surface area contributed by atoms with E-state index in [0.29, 0.717) is 22.6 Å². The van der Waals surface area contributed by atoms with Gasteiger partial charge in [-0.25, -0.2) is 23.6 Å². The summed E-state index contributed by atoms with van der Waals surface area (Å²) in [5.74, 6) is 1.35. The van der Waals surface area contributed by atoms with E-state index in [0.717, 1.165) is 28.7 Å². The molecule has 198 valence electrons. The molecular formula is C28H27FN8O2. The van der Waals surface area contributed by atoms with Crippen molar-refractivity contribution in [2.45, 2.75) is 32.4 Å². The minimum absolute atomic E-state index is 0.0513. The van der Waals surface area contributed by atoms with E-state index in [1.165, 1.54) is 17.1 Å². The van der Waals surface area contributed by atoms with Crippen LogP contribution in [0.1, 0.15) is 37.9 Å².